The van der Waals surface area contributed by atoms with Crippen molar-refractivity contribution in [1.82, 2.24) is 0 Å². The first-order valence-electron chi connectivity index (χ1n) is 16.0. The van der Waals surface area contributed by atoms with E-state index in [-0.39, 0.29) is 0 Å². The predicted molar refractivity (Wildman–Crippen MR) is 193 cm³/mol. The maximum absolute atomic E-state index is 7.84. The second-order valence-corrected chi connectivity index (χ2v) is 11.3. The fourth-order valence-electron chi connectivity index (χ4n) is 6.12. The summed E-state index contributed by atoms with van der Waals surface area (Å²) in [7, 11) is 0. The van der Waals surface area contributed by atoms with E-state index in [0.29, 0.717) is 6.04 Å². The highest BCUT2D eigenvalue weighted by Crippen LogP contribution is 2.40. The standard InChI is InChI=1S/C44H31NO/c1-3-11-32(12-4-1)34-19-25-38(26-20-34)45(39-27-21-35(22-28-39)33-13-5-2-6-14-33)40-29-23-36(24-30-40)41-16-8-9-17-42(41)44-31-37-15-7-10-18-43(37)46-44/h1-31H/i1D. The third-order valence-corrected chi connectivity index (χ3v) is 8.46. The largest absolute Gasteiger partial charge is 0.456 e. The number of rotatable bonds is 7. The molecule has 0 aliphatic carbocycles. The second-order valence-electron chi connectivity index (χ2n) is 11.3. The van der Waals surface area contributed by atoms with Crippen LogP contribution in [-0.2, 0) is 0 Å². The number of hydrogen-bond donors (Lipinski definition) is 0. The van der Waals surface area contributed by atoms with Crippen molar-refractivity contribution < 1.29 is 5.79 Å². The van der Waals surface area contributed by atoms with E-state index in [1.807, 2.05) is 48.5 Å². The lowest BCUT2D eigenvalue weighted by Gasteiger charge is -2.26. The lowest BCUT2D eigenvalue weighted by molar-refractivity contribution is 0.632. The molecule has 0 saturated carbocycles. The molecule has 0 fully saturated rings. The molecule has 46 heavy (non-hydrogen) atoms. The summed E-state index contributed by atoms with van der Waals surface area (Å²) in [5.74, 6) is 0.864. The fourth-order valence-corrected chi connectivity index (χ4v) is 6.12. The van der Waals surface area contributed by atoms with Crippen LogP contribution in [-0.4, -0.2) is 0 Å². The van der Waals surface area contributed by atoms with E-state index in [1.165, 1.54) is 11.1 Å². The quantitative estimate of drug-likeness (QED) is 0.184. The molecule has 0 aliphatic rings. The molecule has 2 nitrogen and oxygen atoms in total. The van der Waals surface area contributed by atoms with Crippen LogP contribution in [0.1, 0.15) is 1.37 Å². The van der Waals surface area contributed by atoms with Crippen molar-refractivity contribution >= 4 is 28.0 Å². The molecule has 0 unspecified atom stereocenters. The summed E-state index contributed by atoms with van der Waals surface area (Å²) in [6.07, 6.45) is 0. The summed E-state index contributed by atoms with van der Waals surface area (Å²) in [5.41, 5.74) is 12.0. The van der Waals surface area contributed by atoms with Crippen molar-refractivity contribution in [2.75, 3.05) is 4.90 Å². The molecule has 1 heterocycles. The van der Waals surface area contributed by atoms with Crippen LogP contribution < -0.4 is 4.90 Å². The zero-order valence-electron chi connectivity index (χ0n) is 26.2. The maximum atomic E-state index is 7.84. The first-order chi connectivity index (χ1) is 23.2. The molecule has 0 radical (unpaired) electrons. The van der Waals surface area contributed by atoms with Gasteiger partial charge in [-0.25, -0.2) is 0 Å². The van der Waals surface area contributed by atoms with Crippen LogP contribution in [0, 0.1) is 0 Å². The molecule has 218 valence electrons. The van der Waals surface area contributed by atoms with E-state index in [2.05, 4.69) is 138 Å². The van der Waals surface area contributed by atoms with Gasteiger partial charge in [0.2, 0.25) is 0 Å². The Kier molecular flexibility index (Phi) is 6.92. The summed E-state index contributed by atoms with van der Waals surface area (Å²) in [4.78, 5) is 2.29. The van der Waals surface area contributed by atoms with Gasteiger partial charge in [-0.3, -0.25) is 0 Å². The minimum Gasteiger partial charge on any atom is -0.456 e. The zero-order valence-corrected chi connectivity index (χ0v) is 25.2. The first kappa shape index (κ1) is 26.3. The Balaban J connectivity index is 1.17. The van der Waals surface area contributed by atoms with E-state index < -0.39 is 0 Å². The number of benzene rings is 7. The van der Waals surface area contributed by atoms with E-state index in [0.717, 1.165) is 61.6 Å². The summed E-state index contributed by atoms with van der Waals surface area (Å²) >= 11 is 0. The number of nitrogens with zero attached hydrogens (tertiary/aromatic N) is 1. The highest BCUT2D eigenvalue weighted by atomic mass is 16.3. The van der Waals surface area contributed by atoms with Crippen LogP contribution >= 0.6 is 0 Å². The number of anilines is 3. The van der Waals surface area contributed by atoms with Crippen molar-refractivity contribution in [2.24, 2.45) is 0 Å². The molecule has 0 amide bonds. The van der Waals surface area contributed by atoms with Crippen molar-refractivity contribution in [3.05, 3.63) is 188 Å². The SMILES string of the molecule is [2H]c1ccc(-c2ccc(N(c3ccc(-c4ccccc4)cc3)c3ccc(-c4ccccc4-c4cc5ccccc5o4)cc3)cc2)cc1. The third-order valence-electron chi connectivity index (χ3n) is 8.46. The summed E-state index contributed by atoms with van der Waals surface area (Å²) in [6.45, 7) is 0. The zero-order chi connectivity index (χ0) is 31.6. The summed E-state index contributed by atoms with van der Waals surface area (Å²) in [6, 6.07) is 63.5. The first-order valence-corrected chi connectivity index (χ1v) is 15.5. The monoisotopic (exact) mass is 590 g/mol. The number of hydrogen-bond acceptors (Lipinski definition) is 2. The molecule has 0 spiro atoms. The molecule has 0 aliphatic heterocycles. The lowest BCUT2D eigenvalue weighted by Crippen LogP contribution is -2.09. The van der Waals surface area contributed by atoms with Gasteiger partial charge in [0.05, 0.1) is 1.37 Å². The normalized spacial score (nSPS) is 11.3. The van der Waals surface area contributed by atoms with E-state index in [9.17, 15) is 0 Å². The molecule has 0 bridgehead atoms. The van der Waals surface area contributed by atoms with Crippen LogP contribution in [0.25, 0.3) is 55.7 Å². The Labute approximate surface area is 270 Å². The number of furan rings is 1. The van der Waals surface area contributed by atoms with Crippen LogP contribution in [0.4, 0.5) is 17.1 Å². The Bertz CT molecular complexity index is 2240. The molecular weight excluding hydrogens is 558 g/mol. The van der Waals surface area contributed by atoms with Crippen LogP contribution in [0.15, 0.2) is 192 Å². The highest BCUT2D eigenvalue weighted by molar-refractivity contribution is 5.89. The fraction of sp³-hybridized carbons (Fsp3) is 0. The molecule has 1 aromatic heterocycles. The van der Waals surface area contributed by atoms with Gasteiger partial charge in [-0.05, 0) is 81.9 Å². The Hall–Kier alpha value is -6.12. The van der Waals surface area contributed by atoms with E-state index in [1.54, 1.807) is 0 Å². The van der Waals surface area contributed by atoms with Gasteiger partial charge in [0.25, 0.3) is 0 Å². The Morgan fingerprint density at radius 3 is 1.43 bits per heavy atom. The van der Waals surface area contributed by atoms with Crippen molar-refractivity contribution in [2.45, 2.75) is 0 Å². The van der Waals surface area contributed by atoms with Crippen LogP contribution in [0.2, 0.25) is 0 Å². The molecule has 0 saturated heterocycles. The lowest BCUT2D eigenvalue weighted by atomic mass is 9.97. The average molecular weight is 591 g/mol. The van der Waals surface area contributed by atoms with Crippen molar-refractivity contribution in [3.63, 3.8) is 0 Å². The van der Waals surface area contributed by atoms with Crippen LogP contribution in [0.5, 0.6) is 0 Å². The van der Waals surface area contributed by atoms with Gasteiger partial charge in [0.15, 0.2) is 0 Å². The number of para-hydroxylation sites is 1. The van der Waals surface area contributed by atoms with E-state index in [4.69, 9.17) is 5.79 Å². The summed E-state index contributed by atoms with van der Waals surface area (Å²) in [5, 5.41) is 1.10. The minimum atomic E-state index is 0.513. The molecule has 2 heteroatoms. The number of fused-ring (bicyclic) bond motifs is 1. The minimum absolute atomic E-state index is 0.513. The topological polar surface area (TPSA) is 16.4 Å². The van der Waals surface area contributed by atoms with Gasteiger partial charge in [0.1, 0.15) is 11.3 Å². The third kappa shape index (κ3) is 5.38. The summed E-state index contributed by atoms with van der Waals surface area (Å²) < 4.78 is 14.1. The average Bonchev–Trinajstić information content (AvgIpc) is 3.58. The molecular formula is C44H31NO. The molecule has 8 rings (SSSR count). The van der Waals surface area contributed by atoms with Crippen molar-refractivity contribution in [3.8, 4) is 44.7 Å². The molecule has 7 aromatic carbocycles. The Morgan fingerprint density at radius 1 is 0.391 bits per heavy atom. The highest BCUT2D eigenvalue weighted by Gasteiger charge is 2.16. The van der Waals surface area contributed by atoms with Gasteiger partial charge in [-0.1, -0.05) is 140 Å². The maximum Gasteiger partial charge on any atom is 0.136 e. The van der Waals surface area contributed by atoms with E-state index >= 15 is 0 Å². The van der Waals surface area contributed by atoms with Crippen LogP contribution in [0.3, 0.4) is 0 Å². The molecule has 0 atom stereocenters. The van der Waals surface area contributed by atoms with Gasteiger partial charge < -0.3 is 9.32 Å². The Morgan fingerprint density at radius 2 is 0.848 bits per heavy atom. The van der Waals surface area contributed by atoms with Crippen molar-refractivity contribution in [1.29, 1.82) is 0 Å². The molecule has 0 N–H and O–H groups in total. The molecule has 8 aromatic rings. The van der Waals surface area contributed by atoms with Gasteiger partial charge in [0, 0.05) is 28.0 Å². The van der Waals surface area contributed by atoms with Gasteiger partial charge >= 0.3 is 0 Å². The van der Waals surface area contributed by atoms with Gasteiger partial charge in [-0.15, -0.1) is 0 Å². The van der Waals surface area contributed by atoms with Gasteiger partial charge in [-0.2, -0.15) is 0 Å². The predicted octanol–water partition coefficient (Wildman–Crippen LogP) is 12.6. The second kappa shape index (κ2) is 12.1. The smallest absolute Gasteiger partial charge is 0.136 e.